The number of aromatic nitrogens is 1. The average molecular weight is 344 g/mol. The third-order valence-corrected chi connectivity index (χ3v) is 3.89. The first-order chi connectivity index (χ1) is 10.3. The summed E-state index contributed by atoms with van der Waals surface area (Å²) < 4.78 is 6.71. The summed E-state index contributed by atoms with van der Waals surface area (Å²) in [4.78, 5) is 4.30. The summed E-state index contributed by atoms with van der Waals surface area (Å²) in [6, 6.07) is 15.6. The first-order valence-electron chi connectivity index (χ1n) is 6.62. The fraction of sp³-hybridized carbons (Fsp3) is 0.118. The van der Waals surface area contributed by atoms with E-state index in [1.54, 1.807) is 6.20 Å². The molecule has 0 atom stereocenters. The van der Waals surface area contributed by atoms with E-state index >= 15 is 0 Å². The summed E-state index contributed by atoms with van der Waals surface area (Å²) in [5, 5.41) is 10.5. The number of pyridine rings is 1. The van der Waals surface area contributed by atoms with Crippen molar-refractivity contribution in [1.82, 2.24) is 4.98 Å². The molecule has 0 saturated carbocycles. The van der Waals surface area contributed by atoms with Crippen molar-refractivity contribution in [2.45, 2.75) is 13.2 Å². The first kappa shape index (κ1) is 14.0. The molecule has 1 N–H and O–H groups in total. The molecule has 0 aliphatic carbocycles. The van der Waals surface area contributed by atoms with Crippen LogP contribution < -0.4 is 4.74 Å². The van der Waals surface area contributed by atoms with Gasteiger partial charge in [-0.15, -0.1) is 0 Å². The predicted molar refractivity (Wildman–Crippen MR) is 86.1 cm³/mol. The minimum Gasteiger partial charge on any atom is -0.487 e. The Morgan fingerprint density at radius 1 is 1.10 bits per heavy atom. The molecule has 21 heavy (non-hydrogen) atoms. The van der Waals surface area contributed by atoms with Gasteiger partial charge in [0.2, 0.25) is 0 Å². The molecule has 0 fully saturated rings. The highest BCUT2D eigenvalue weighted by atomic mass is 79.9. The lowest BCUT2D eigenvalue weighted by Crippen LogP contribution is -1.99. The van der Waals surface area contributed by atoms with Gasteiger partial charge in [0.15, 0.2) is 0 Å². The van der Waals surface area contributed by atoms with Crippen LogP contribution in [0.25, 0.3) is 10.9 Å². The summed E-state index contributed by atoms with van der Waals surface area (Å²) in [7, 11) is 0. The van der Waals surface area contributed by atoms with Crippen molar-refractivity contribution in [3.05, 3.63) is 70.3 Å². The number of para-hydroxylation sites is 1. The van der Waals surface area contributed by atoms with Crippen molar-refractivity contribution >= 4 is 26.8 Å². The number of benzene rings is 2. The van der Waals surface area contributed by atoms with E-state index in [0.29, 0.717) is 12.4 Å². The lowest BCUT2D eigenvalue weighted by molar-refractivity contribution is 0.258. The Bertz CT molecular complexity index is 774. The number of ether oxygens (including phenoxy) is 1. The lowest BCUT2D eigenvalue weighted by Gasteiger charge is -2.12. The van der Waals surface area contributed by atoms with E-state index < -0.39 is 0 Å². The van der Waals surface area contributed by atoms with Crippen LogP contribution in [-0.2, 0) is 13.2 Å². The third-order valence-electron chi connectivity index (χ3n) is 3.27. The minimum absolute atomic E-state index is 0.0452. The lowest BCUT2D eigenvalue weighted by atomic mass is 10.1. The van der Waals surface area contributed by atoms with Crippen LogP contribution in [0.4, 0.5) is 0 Å². The Hall–Kier alpha value is -1.91. The maximum Gasteiger partial charge on any atom is 0.139 e. The fourth-order valence-electron chi connectivity index (χ4n) is 2.21. The maximum atomic E-state index is 9.37. The molecule has 3 aromatic rings. The van der Waals surface area contributed by atoms with Crippen LogP contribution in [0.5, 0.6) is 5.75 Å². The monoisotopic (exact) mass is 343 g/mol. The van der Waals surface area contributed by atoms with Gasteiger partial charge in [-0.3, -0.25) is 4.98 Å². The smallest absolute Gasteiger partial charge is 0.139 e. The number of aliphatic hydroxyl groups excluding tert-OH is 1. The van der Waals surface area contributed by atoms with Crippen molar-refractivity contribution in [2.24, 2.45) is 0 Å². The summed E-state index contributed by atoms with van der Waals surface area (Å²) in [5.41, 5.74) is 2.81. The highest BCUT2D eigenvalue weighted by molar-refractivity contribution is 9.10. The zero-order chi connectivity index (χ0) is 14.7. The molecular formula is C17H14BrNO2. The van der Waals surface area contributed by atoms with Crippen molar-refractivity contribution in [3.8, 4) is 5.75 Å². The average Bonchev–Trinajstić information content (AvgIpc) is 2.53. The Balaban J connectivity index is 1.83. The number of hydrogen-bond acceptors (Lipinski definition) is 3. The fourth-order valence-corrected chi connectivity index (χ4v) is 2.73. The van der Waals surface area contributed by atoms with Gasteiger partial charge in [-0.05, 0) is 45.8 Å². The summed E-state index contributed by atoms with van der Waals surface area (Å²) in [5.74, 6) is 0.686. The van der Waals surface area contributed by atoms with Gasteiger partial charge in [-0.25, -0.2) is 0 Å². The molecule has 1 heterocycles. The molecule has 0 unspecified atom stereocenters. The van der Waals surface area contributed by atoms with E-state index in [-0.39, 0.29) is 6.61 Å². The van der Waals surface area contributed by atoms with E-state index in [1.165, 1.54) is 0 Å². The second-order valence-corrected chi connectivity index (χ2v) is 5.56. The van der Waals surface area contributed by atoms with E-state index in [1.807, 2.05) is 42.5 Å². The van der Waals surface area contributed by atoms with E-state index in [0.717, 1.165) is 26.5 Å². The molecule has 0 aliphatic rings. The Morgan fingerprint density at radius 2 is 2.00 bits per heavy atom. The number of fused-ring (bicyclic) bond motifs is 1. The molecule has 0 saturated heterocycles. The minimum atomic E-state index is -0.0452. The molecule has 1 aromatic heterocycles. The first-order valence-corrected chi connectivity index (χ1v) is 7.42. The highest BCUT2D eigenvalue weighted by Gasteiger charge is 2.07. The predicted octanol–water partition coefficient (Wildman–Crippen LogP) is 4.07. The van der Waals surface area contributed by atoms with Gasteiger partial charge in [0.1, 0.15) is 12.4 Å². The summed E-state index contributed by atoms with van der Waals surface area (Å²) >= 11 is 3.46. The quantitative estimate of drug-likeness (QED) is 0.776. The Labute approximate surface area is 131 Å². The van der Waals surface area contributed by atoms with Crippen molar-refractivity contribution in [1.29, 1.82) is 0 Å². The van der Waals surface area contributed by atoms with Crippen molar-refractivity contribution < 1.29 is 9.84 Å². The van der Waals surface area contributed by atoms with Gasteiger partial charge in [-0.2, -0.15) is 0 Å². The molecule has 3 nitrogen and oxygen atoms in total. The molecule has 2 aromatic carbocycles. The highest BCUT2D eigenvalue weighted by Crippen LogP contribution is 2.30. The zero-order valence-corrected chi connectivity index (χ0v) is 12.9. The van der Waals surface area contributed by atoms with Gasteiger partial charge < -0.3 is 9.84 Å². The second-order valence-electron chi connectivity index (χ2n) is 4.71. The Morgan fingerprint density at radius 3 is 2.86 bits per heavy atom. The van der Waals surface area contributed by atoms with Crippen LogP contribution in [-0.4, -0.2) is 10.1 Å². The number of hydrogen-bond donors (Lipinski definition) is 1. The summed E-state index contributed by atoms with van der Waals surface area (Å²) in [6.07, 6.45) is 1.78. The molecule has 0 radical (unpaired) electrons. The van der Waals surface area contributed by atoms with E-state index in [4.69, 9.17) is 4.74 Å². The van der Waals surface area contributed by atoms with Crippen LogP contribution in [0.15, 0.2) is 59.2 Å². The molecule has 0 bridgehead atoms. The third kappa shape index (κ3) is 3.06. The van der Waals surface area contributed by atoms with Crippen LogP contribution in [0.2, 0.25) is 0 Å². The second kappa shape index (κ2) is 6.24. The molecule has 106 valence electrons. The molecule has 3 rings (SSSR count). The van der Waals surface area contributed by atoms with Gasteiger partial charge in [-0.1, -0.05) is 24.3 Å². The standard InChI is InChI=1S/C17H14BrNO2/c18-15-5-1-3-14(10-20)17(15)21-11-12-6-7-16-13(9-12)4-2-8-19-16/h1-9,20H,10-11H2. The number of aliphatic hydroxyl groups is 1. The number of nitrogens with zero attached hydrogens (tertiary/aromatic N) is 1. The zero-order valence-electron chi connectivity index (χ0n) is 11.3. The van der Waals surface area contributed by atoms with Crippen molar-refractivity contribution in [3.63, 3.8) is 0 Å². The van der Waals surface area contributed by atoms with Gasteiger partial charge in [0.25, 0.3) is 0 Å². The molecule has 0 amide bonds. The van der Waals surface area contributed by atoms with Gasteiger partial charge in [0, 0.05) is 17.1 Å². The number of halogens is 1. The van der Waals surface area contributed by atoms with Crippen LogP contribution >= 0.6 is 15.9 Å². The van der Waals surface area contributed by atoms with Crippen LogP contribution in [0.1, 0.15) is 11.1 Å². The molecule has 0 spiro atoms. The van der Waals surface area contributed by atoms with Gasteiger partial charge >= 0.3 is 0 Å². The normalized spacial score (nSPS) is 10.8. The van der Waals surface area contributed by atoms with Gasteiger partial charge in [0.05, 0.1) is 16.6 Å². The summed E-state index contributed by atoms with van der Waals surface area (Å²) in [6.45, 7) is 0.400. The van der Waals surface area contributed by atoms with Crippen molar-refractivity contribution in [2.75, 3.05) is 0 Å². The maximum absolute atomic E-state index is 9.37. The van der Waals surface area contributed by atoms with Crippen LogP contribution in [0, 0.1) is 0 Å². The number of rotatable bonds is 4. The molecular weight excluding hydrogens is 330 g/mol. The van der Waals surface area contributed by atoms with E-state index in [9.17, 15) is 5.11 Å². The molecule has 4 heteroatoms. The topological polar surface area (TPSA) is 42.4 Å². The largest absolute Gasteiger partial charge is 0.487 e. The molecule has 0 aliphatic heterocycles. The SMILES string of the molecule is OCc1cccc(Br)c1OCc1ccc2ncccc2c1. The van der Waals surface area contributed by atoms with Crippen LogP contribution in [0.3, 0.4) is 0 Å². The Kier molecular flexibility index (Phi) is 4.18. The van der Waals surface area contributed by atoms with E-state index in [2.05, 4.69) is 27.0 Å².